The van der Waals surface area contributed by atoms with Crippen molar-refractivity contribution in [1.82, 2.24) is 15.0 Å². The quantitative estimate of drug-likeness (QED) is 0.801. The average Bonchev–Trinajstić information content (AvgIpc) is 2.56. The minimum Gasteiger partial charge on any atom is -0.287 e. The van der Waals surface area contributed by atoms with E-state index in [4.69, 9.17) is 11.6 Å². The molecule has 0 aliphatic carbocycles. The number of benzene rings is 1. The van der Waals surface area contributed by atoms with Crippen LogP contribution in [0.1, 0.15) is 21.6 Å². The second-order valence-corrected chi connectivity index (χ2v) is 4.89. The number of carbonyl (C=O) groups is 1. The van der Waals surface area contributed by atoms with E-state index in [0.29, 0.717) is 20.9 Å². The van der Waals surface area contributed by atoms with Gasteiger partial charge in [-0.25, -0.2) is 4.68 Å². The number of carbonyl (C=O) groups excluding carboxylic acids is 1. The molecule has 2 rings (SSSR count). The second-order valence-electron chi connectivity index (χ2n) is 3.70. The highest BCUT2D eigenvalue weighted by Gasteiger charge is 2.19. The summed E-state index contributed by atoms with van der Waals surface area (Å²) < 4.78 is 1.87. The zero-order valence-electron chi connectivity index (χ0n) is 9.24. The third-order valence-electron chi connectivity index (χ3n) is 2.31. The van der Waals surface area contributed by atoms with E-state index in [1.54, 1.807) is 25.2 Å². The molecule has 0 bridgehead atoms. The molecule has 1 heterocycles. The zero-order chi connectivity index (χ0) is 12.6. The van der Waals surface area contributed by atoms with E-state index in [1.165, 1.54) is 4.68 Å². The van der Waals surface area contributed by atoms with Crippen LogP contribution in [0.15, 0.2) is 22.8 Å². The third-order valence-corrected chi connectivity index (χ3v) is 3.06. The molecule has 0 N–H and O–H groups in total. The lowest BCUT2D eigenvalue weighted by molar-refractivity contribution is 0.102. The highest BCUT2D eigenvalue weighted by molar-refractivity contribution is 9.10. The fourth-order valence-electron chi connectivity index (χ4n) is 1.58. The Hall–Kier alpha value is -1.20. The van der Waals surface area contributed by atoms with Gasteiger partial charge in [0.25, 0.3) is 0 Å². The molecule has 1 aromatic carbocycles. The first-order valence-corrected chi connectivity index (χ1v) is 6.03. The normalized spacial score (nSPS) is 10.6. The van der Waals surface area contributed by atoms with E-state index in [-0.39, 0.29) is 5.78 Å². The number of rotatable bonds is 2. The highest BCUT2D eigenvalue weighted by Crippen LogP contribution is 2.20. The molecular weight excluding hydrogens is 305 g/mol. The molecule has 0 aliphatic rings. The predicted octanol–water partition coefficient (Wildman–Crippen LogP) is 2.77. The van der Waals surface area contributed by atoms with Crippen LogP contribution < -0.4 is 0 Å². The van der Waals surface area contributed by atoms with Crippen molar-refractivity contribution in [2.75, 3.05) is 0 Å². The lowest BCUT2D eigenvalue weighted by Gasteiger charge is -2.03. The van der Waals surface area contributed by atoms with Gasteiger partial charge in [0.05, 0.1) is 0 Å². The number of aryl methyl sites for hydroxylation is 2. The van der Waals surface area contributed by atoms with Gasteiger partial charge in [-0.3, -0.25) is 4.79 Å². The van der Waals surface area contributed by atoms with E-state index in [9.17, 15) is 4.79 Å². The highest BCUT2D eigenvalue weighted by atomic mass is 79.9. The van der Waals surface area contributed by atoms with Crippen LogP contribution in [0.5, 0.6) is 0 Å². The SMILES string of the molecule is Cc1cc(Cl)cc(C(=O)c2c(Br)nnn2C)c1. The number of halogens is 2. The summed E-state index contributed by atoms with van der Waals surface area (Å²) in [5, 5.41) is 8.10. The average molecular weight is 315 g/mol. The molecule has 0 spiro atoms. The third kappa shape index (κ3) is 2.40. The molecule has 0 aliphatic heterocycles. The number of hydrogen-bond donors (Lipinski definition) is 0. The van der Waals surface area contributed by atoms with Gasteiger partial charge in [0, 0.05) is 17.6 Å². The minimum absolute atomic E-state index is 0.157. The lowest BCUT2D eigenvalue weighted by atomic mass is 10.1. The van der Waals surface area contributed by atoms with Crippen LogP contribution in [0.25, 0.3) is 0 Å². The van der Waals surface area contributed by atoms with Crippen LogP contribution >= 0.6 is 27.5 Å². The van der Waals surface area contributed by atoms with E-state index in [2.05, 4.69) is 26.2 Å². The van der Waals surface area contributed by atoms with Gasteiger partial charge in [-0.1, -0.05) is 16.8 Å². The molecule has 0 unspecified atom stereocenters. The Kier molecular flexibility index (Phi) is 3.31. The van der Waals surface area contributed by atoms with Gasteiger partial charge in [-0.15, -0.1) is 5.10 Å². The summed E-state index contributed by atoms with van der Waals surface area (Å²) in [6.45, 7) is 1.89. The summed E-state index contributed by atoms with van der Waals surface area (Å²) in [5.41, 5.74) is 1.87. The molecule has 0 fully saturated rings. The van der Waals surface area contributed by atoms with Crippen molar-refractivity contribution in [3.05, 3.63) is 44.6 Å². The van der Waals surface area contributed by atoms with Gasteiger partial charge < -0.3 is 0 Å². The van der Waals surface area contributed by atoms with Gasteiger partial charge in [0.2, 0.25) is 5.78 Å². The minimum atomic E-state index is -0.157. The maximum Gasteiger partial charge on any atom is 0.213 e. The molecule has 88 valence electrons. The Morgan fingerprint density at radius 3 is 2.65 bits per heavy atom. The van der Waals surface area contributed by atoms with Crippen molar-refractivity contribution in [3.63, 3.8) is 0 Å². The van der Waals surface area contributed by atoms with Crippen LogP contribution in [0.2, 0.25) is 5.02 Å². The molecule has 0 atom stereocenters. The van der Waals surface area contributed by atoms with Gasteiger partial charge in [0.15, 0.2) is 4.60 Å². The lowest BCUT2D eigenvalue weighted by Crippen LogP contribution is -2.09. The molecule has 0 radical (unpaired) electrons. The topological polar surface area (TPSA) is 47.8 Å². The Bertz CT molecular complexity index is 555. The standard InChI is InChI=1S/C11H9BrClN3O/c1-6-3-7(5-8(13)4-6)10(17)9-11(12)14-15-16(9)2/h3-5H,1-2H3. The van der Waals surface area contributed by atoms with Crippen LogP contribution in [0, 0.1) is 6.92 Å². The fourth-order valence-corrected chi connectivity index (χ4v) is 2.37. The number of ketones is 1. The van der Waals surface area contributed by atoms with Crippen LogP contribution in [-0.4, -0.2) is 20.8 Å². The Labute approximate surface area is 112 Å². The molecule has 2 aromatic rings. The van der Waals surface area contributed by atoms with Crippen molar-refractivity contribution < 1.29 is 4.79 Å². The van der Waals surface area contributed by atoms with Crippen LogP contribution in [0.3, 0.4) is 0 Å². The maximum atomic E-state index is 12.3. The van der Waals surface area contributed by atoms with E-state index in [1.807, 2.05) is 6.92 Å². The number of aromatic nitrogens is 3. The summed E-state index contributed by atoms with van der Waals surface area (Å²) in [4.78, 5) is 12.3. The van der Waals surface area contributed by atoms with Gasteiger partial charge in [-0.2, -0.15) is 0 Å². The fraction of sp³-hybridized carbons (Fsp3) is 0.182. The molecule has 17 heavy (non-hydrogen) atoms. The summed E-state index contributed by atoms with van der Waals surface area (Å²) in [5.74, 6) is -0.157. The van der Waals surface area contributed by atoms with Crippen molar-refractivity contribution in [3.8, 4) is 0 Å². The van der Waals surface area contributed by atoms with E-state index < -0.39 is 0 Å². The first-order valence-electron chi connectivity index (χ1n) is 4.86. The van der Waals surface area contributed by atoms with Crippen molar-refractivity contribution in [1.29, 1.82) is 0 Å². The number of nitrogens with zero attached hydrogens (tertiary/aromatic N) is 3. The summed E-state index contributed by atoms with van der Waals surface area (Å²) in [7, 11) is 1.67. The molecule has 4 nitrogen and oxygen atoms in total. The predicted molar refractivity (Wildman–Crippen MR) is 68.3 cm³/mol. The number of hydrogen-bond acceptors (Lipinski definition) is 3. The van der Waals surface area contributed by atoms with Gasteiger partial charge >= 0.3 is 0 Å². The Balaban J connectivity index is 2.51. The molecule has 6 heteroatoms. The first-order chi connectivity index (χ1) is 7.99. The Morgan fingerprint density at radius 1 is 1.41 bits per heavy atom. The molecule has 1 aromatic heterocycles. The molecule has 0 saturated carbocycles. The van der Waals surface area contributed by atoms with Crippen LogP contribution in [0.4, 0.5) is 0 Å². The van der Waals surface area contributed by atoms with Crippen molar-refractivity contribution in [2.45, 2.75) is 6.92 Å². The molecular formula is C11H9BrClN3O. The van der Waals surface area contributed by atoms with Gasteiger partial charge in [-0.05, 0) is 46.6 Å². The largest absolute Gasteiger partial charge is 0.287 e. The second kappa shape index (κ2) is 4.58. The maximum absolute atomic E-state index is 12.3. The summed E-state index contributed by atoms with van der Waals surface area (Å²) in [6, 6.07) is 5.22. The summed E-state index contributed by atoms with van der Waals surface area (Å²) >= 11 is 9.14. The monoisotopic (exact) mass is 313 g/mol. The van der Waals surface area contributed by atoms with E-state index in [0.717, 1.165) is 5.56 Å². The summed E-state index contributed by atoms with van der Waals surface area (Å²) in [6.07, 6.45) is 0. The van der Waals surface area contributed by atoms with Crippen molar-refractivity contribution >= 4 is 33.3 Å². The van der Waals surface area contributed by atoms with Gasteiger partial charge in [0.1, 0.15) is 5.69 Å². The van der Waals surface area contributed by atoms with E-state index >= 15 is 0 Å². The van der Waals surface area contributed by atoms with Crippen LogP contribution in [-0.2, 0) is 7.05 Å². The Morgan fingerprint density at radius 2 is 2.12 bits per heavy atom. The molecule has 0 amide bonds. The first kappa shape index (κ1) is 12.3. The zero-order valence-corrected chi connectivity index (χ0v) is 11.6. The van der Waals surface area contributed by atoms with Crippen molar-refractivity contribution in [2.24, 2.45) is 7.05 Å². The smallest absolute Gasteiger partial charge is 0.213 e. The molecule has 0 saturated heterocycles.